The van der Waals surface area contributed by atoms with Crippen molar-refractivity contribution >= 4 is 13.3 Å². The summed E-state index contributed by atoms with van der Waals surface area (Å²) in [5, 5.41) is 0. The van der Waals surface area contributed by atoms with E-state index in [1.54, 1.807) is 0 Å². The molecule has 0 amide bonds. The summed E-state index contributed by atoms with van der Waals surface area (Å²) in [6.07, 6.45) is 0. The van der Waals surface area contributed by atoms with Gasteiger partial charge in [-0.25, -0.2) is 15.0 Å². The second kappa shape index (κ2) is 8.37. The third-order valence-electron chi connectivity index (χ3n) is 5.14. The highest BCUT2D eigenvalue weighted by Gasteiger charge is 2.13. The minimum absolute atomic E-state index is 0.673. The molecule has 3 nitrogen and oxygen atoms in total. The van der Waals surface area contributed by atoms with E-state index in [2.05, 4.69) is 50.3 Å². The molecule has 0 aliphatic rings. The molecule has 5 aromatic rings. The molecule has 0 spiro atoms. The molecule has 4 aromatic carbocycles. The summed E-state index contributed by atoms with van der Waals surface area (Å²) in [6.45, 7) is 0. The van der Waals surface area contributed by atoms with Crippen molar-refractivity contribution < 1.29 is 0 Å². The fourth-order valence-corrected chi connectivity index (χ4v) is 3.65. The van der Waals surface area contributed by atoms with Crippen LogP contribution in [0.1, 0.15) is 0 Å². The minimum atomic E-state index is 0.673. The van der Waals surface area contributed by atoms with Gasteiger partial charge in [0, 0.05) is 16.7 Å². The quantitative estimate of drug-likeness (QED) is 0.409. The first-order chi connectivity index (χ1) is 15.3. The standard InChI is InChI=1S/C27H20BN3/c28-24-17-22(19-10-4-1-5-11-19)16-23(18-24)27-30-25(20-12-6-2-7-13-20)29-26(31-27)21-14-8-3-9-15-21/h1-18H,28H2. The molecular formula is C27H20BN3. The molecule has 0 atom stereocenters. The molecule has 0 fully saturated rings. The lowest BCUT2D eigenvalue weighted by atomic mass is 9.90. The molecule has 0 bridgehead atoms. The van der Waals surface area contributed by atoms with Gasteiger partial charge in [-0.1, -0.05) is 109 Å². The third kappa shape index (κ3) is 4.14. The summed E-state index contributed by atoms with van der Waals surface area (Å²) >= 11 is 0. The first kappa shape index (κ1) is 19.0. The topological polar surface area (TPSA) is 38.7 Å². The van der Waals surface area contributed by atoms with Crippen LogP contribution in [0, 0.1) is 0 Å². The van der Waals surface area contributed by atoms with Gasteiger partial charge in [0.25, 0.3) is 0 Å². The van der Waals surface area contributed by atoms with Crippen LogP contribution in [0.3, 0.4) is 0 Å². The monoisotopic (exact) mass is 397 g/mol. The summed E-state index contributed by atoms with van der Waals surface area (Å²) in [5.74, 6) is 2.02. The fourth-order valence-electron chi connectivity index (χ4n) is 3.65. The molecule has 4 heteroatoms. The van der Waals surface area contributed by atoms with Crippen molar-refractivity contribution in [3.63, 3.8) is 0 Å². The highest BCUT2D eigenvalue weighted by Crippen LogP contribution is 2.27. The second-order valence-electron chi connectivity index (χ2n) is 7.49. The van der Waals surface area contributed by atoms with Gasteiger partial charge in [-0.15, -0.1) is 0 Å². The van der Waals surface area contributed by atoms with Crippen LogP contribution in [0.2, 0.25) is 0 Å². The third-order valence-corrected chi connectivity index (χ3v) is 5.14. The first-order valence-electron chi connectivity index (χ1n) is 10.3. The van der Waals surface area contributed by atoms with Crippen molar-refractivity contribution in [1.82, 2.24) is 15.0 Å². The first-order valence-corrected chi connectivity index (χ1v) is 10.3. The van der Waals surface area contributed by atoms with Crippen molar-refractivity contribution in [2.24, 2.45) is 0 Å². The number of hydrogen-bond acceptors (Lipinski definition) is 3. The van der Waals surface area contributed by atoms with E-state index in [9.17, 15) is 0 Å². The zero-order valence-electron chi connectivity index (χ0n) is 17.2. The van der Waals surface area contributed by atoms with E-state index < -0.39 is 0 Å². The molecular weight excluding hydrogens is 377 g/mol. The Balaban J connectivity index is 1.70. The van der Waals surface area contributed by atoms with Crippen molar-refractivity contribution in [2.45, 2.75) is 0 Å². The molecule has 0 aliphatic heterocycles. The maximum Gasteiger partial charge on any atom is 0.164 e. The normalized spacial score (nSPS) is 10.7. The molecule has 0 unspecified atom stereocenters. The largest absolute Gasteiger partial charge is 0.208 e. The molecule has 0 saturated heterocycles. The number of hydrogen-bond donors (Lipinski definition) is 0. The molecule has 31 heavy (non-hydrogen) atoms. The van der Waals surface area contributed by atoms with Crippen molar-refractivity contribution in [1.29, 1.82) is 0 Å². The van der Waals surface area contributed by atoms with Crippen LogP contribution in [0.25, 0.3) is 45.3 Å². The lowest BCUT2D eigenvalue weighted by molar-refractivity contribution is 1.07. The molecule has 0 N–H and O–H groups in total. The predicted molar refractivity (Wildman–Crippen MR) is 130 cm³/mol. The van der Waals surface area contributed by atoms with Crippen molar-refractivity contribution in [3.05, 3.63) is 109 Å². The number of benzene rings is 4. The zero-order valence-corrected chi connectivity index (χ0v) is 17.2. The molecule has 0 saturated carbocycles. The maximum atomic E-state index is 4.85. The summed E-state index contributed by atoms with van der Waals surface area (Å²) in [4.78, 5) is 14.5. The molecule has 5 rings (SSSR count). The summed E-state index contributed by atoms with van der Waals surface area (Å²) in [6, 6.07) is 37.0. The zero-order chi connectivity index (χ0) is 21.0. The van der Waals surface area contributed by atoms with Gasteiger partial charge >= 0.3 is 0 Å². The number of aromatic nitrogens is 3. The Morgan fingerprint density at radius 2 is 0.774 bits per heavy atom. The maximum absolute atomic E-state index is 4.85. The lowest BCUT2D eigenvalue weighted by Crippen LogP contribution is -2.05. The van der Waals surface area contributed by atoms with Crippen LogP contribution < -0.4 is 5.46 Å². The van der Waals surface area contributed by atoms with Crippen LogP contribution >= 0.6 is 0 Å². The molecule has 146 valence electrons. The Morgan fingerprint density at radius 1 is 0.387 bits per heavy atom. The van der Waals surface area contributed by atoms with Gasteiger partial charge in [-0.3, -0.25) is 0 Å². The van der Waals surface area contributed by atoms with E-state index >= 15 is 0 Å². The van der Waals surface area contributed by atoms with E-state index in [0.717, 1.165) is 22.3 Å². The molecule has 0 radical (unpaired) electrons. The Kier molecular flexibility index (Phi) is 5.11. The van der Waals surface area contributed by atoms with Crippen LogP contribution in [0.5, 0.6) is 0 Å². The van der Waals surface area contributed by atoms with Crippen LogP contribution in [0.15, 0.2) is 109 Å². The van der Waals surface area contributed by atoms with Gasteiger partial charge in [0.2, 0.25) is 0 Å². The molecule has 0 aliphatic carbocycles. The van der Waals surface area contributed by atoms with E-state index in [1.165, 1.54) is 11.0 Å². The lowest BCUT2D eigenvalue weighted by Gasteiger charge is -2.11. The number of nitrogens with zero attached hydrogens (tertiary/aromatic N) is 3. The van der Waals surface area contributed by atoms with Gasteiger partial charge in [-0.05, 0) is 17.2 Å². The average Bonchev–Trinajstić information content (AvgIpc) is 2.85. The summed E-state index contributed by atoms with van der Waals surface area (Å²) in [7, 11) is 2.10. The van der Waals surface area contributed by atoms with Gasteiger partial charge in [0.05, 0.1) is 0 Å². The van der Waals surface area contributed by atoms with Crippen LogP contribution in [-0.4, -0.2) is 22.8 Å². The average molecular weight is 397 g/mol. The Morgan fingerprint density at radius 3 is 1.26 bits per heavy atom. The summed E-state index contributed by atoms with van der Waals surface area (Å²) < 4.78 is 0. The fraction of sp³-hybridized carbons (Fsp3) is 0. The highest BCUT2D eigenvalue weighted by molar-refractivity contribution is 6.33. The van der Waals surface area contributed by atoms with Gasteiger partial charge in [-0.2, -0.15) is 0 Å². The van der Waals surface area contributed by atoms with Crippen molar-refractivity contribution in [2.75, 3.05) is 0 Å². The van der Waals surface area contributed by atoms with E-state index in [-0.39, 0.29) is 0 Å². The molecule has 1 aromatic heterocycles. The minimum Gasteiger partial charge on any atom is -0.208 e. The van der Waals surface area contributed by atoms with E-state index in [1.807, 2.05) is 66.7 Å². The Hall–Kier alpha value is -4.05. The van der Waals surface area contributed by atoms with E-state index in [0.29, 0.717) is 17.5 Å². The molecule has 1 heterocycles. The summed E-state index contributed by atoms with van der Waals surface area (Å²) in [5.41, 5.74) is 6.42. The Bertz CT molecular complexity index is 1260. The van der Waals surface area contributed by atoms with Crippen LogP contribution in [-0.2, 0) is 0 Å². The Labute approximate surface area is 182 Å². The smallest absolute Gasteiger partial charge is 0.164 e. The van der Waals surface area contributed by atoms with Gasteiger partial charge < -0.3 is 0 Å². The van der Waals surface area contributed by atoms with Crippen LogP contribution in [0.4, 0.5) is 0 Å². The SMILES string of the molecule is Bc1cc(-c2ccccc2)cc(-c2nc(-c3ccccc3)nc(-c3ccccc3)n2)c1. The highest BCUT2D eigenvalue weighted by atomic mass is 15.0. The van der Waals surface area contributed by atoms with E-state index in [4.69, 9.17) is 15.0 Å². The number of rotatable bonds is 4. The predicted octanol–water partition coefficient (Wildman–Crippen LogP) is 4.80. The van der Waals surface area contributed by atoms with Crippen molar-refractivity contribution in [3.8, 4) is 45.3 Å². The second-order valence-corrected chi connectivity index (χ2v) is 7.49. The van der Waals surface area contributed by atoms with Gasteiger partial charge in [0.15, 0.2) is 17.5 Å². The van der Waals surface area contributed by atoms with Gasteiger partial charge in [0.1, 0.15) is 7.85 Å².